The number of hydrogen-bond acceptors (Lipinski definition) is 1. The Hall–Kier alpha value is -1.34. The van der Waals surface area contributed by atoms with Gasteiger partial charge in [-0.3, -0.25) is 0 Å². The molecule has 0 saturated carbocycles. The van der Waals surface area contributed by atoms with Crippen LogP contribution in [0.25, 0.3) is 18.2 Å². The van der Waals surface area contributed by atoms with Crippen molar-refractivity contribution in [3.8, 4) is 0 Å². The monoisotopic (exact) mass is 175 g/mol. The van der Waals surface area contributed by atoms with E-state index in [1.165, 1.54) is 10.8 Å². The van der Waals surface area contributed by atoms with Gasteiger partial charge in [0, 0.05) is 0 Å². The Labute approximate surface area is 79.7 Å². The van der Waals surface area contributed by atoms with Gasteiger partial charge in [-0.1, -0.05) is 43.0 Å². The third-order valence-corrected chi connectivity index (χ3v) is 1.94. The van der Waals surface area contributed by atoms with E-state index in [1.807, 2.05) is 26.0 Å². The van der Waals surface area contributed by atoms with Crippen molar-refractivity contribution in [3.05, 3.63) is 40.8 Å². The van der Waals surface area contributed by atoms with Gasteiger partial charge in [0.05, 0.1) is 0 Å². The predicted octanol–water partition coefficient (Wildman–Crippen LogP) is 2.09. The van der Waals surface area contributed by atoms with Gasteiger partial charge in [-0.25, -0.2) is 0 Å². The largest absolute Gasteiger partial charge is 0.344 e. The summed E-state index contributed by atoms with van der Waals surface area (Å²) < 4.78 is 0. The van der Waals surface area contributed by atoms with Crippen molar-refractivity contribution >= 4 is 18.2 Å². The van der Waals surface area contributed by atoms with Crippen molar-refractivity contribution in [3.63, 3.8) is 0 Å². The van der Waals surface area contributed by atoms with Gasteiger partial charge < -0.3 is 6.15 Å². The van der Waals surface area contributed by atoms with Gasteiger partial charge in [-0.15, -0.1) is 0 Å². The van der Waals surface area contributed by atoms with Crippen LogP contribution in [-0.4, -0.2) is 0 Å². The molecule has 1 aromatic rings. The molecule has 0 heterocycles. The van der Waals surface area contributed by atoms with Crippen molar-refractivity contribution in [2.24, 2.45) is 0 Å². The van der Waals surface area contributed by atoms with Crippen LogP contribution in [0.4, 0.5) is 0 Å². The first-order chi connectivity index (χ1) is 5.66. The highest BCUT2D eigenvalue weighted by Gasteiger charge is 1.93. The van der Waals surface area contributed by atoms with Gasteiger partial charge in [-0.2, -0.15) is 0 Å². The van der Waals surface area contributed by atoms with Gasteiger partial charge >= 0.3 is 0 Å². The van der Waals surface area contributed by atoms with Crippen molar-refractivity contribution in [2.75, 3.05) is 0 Å². The van der Waals surface area contributed by atoms with E-state index in [2.05, 4.69) is 25.3 Å². The Kier molecular flexibility index (Phi) is 4.15. The summed E-state index contributed by atoms with van der Waals surface area (Å²) >= 11 is 0. The van der Waals surface area contributed by atoms with Crippen LogP contribution in [0.5, 0.6) is 0 Å². The van der Waals surface area contributed by atoms with Crippen LogP contribution in [0.1, 0.15) is 19.4 Å². The number of benzene rings is 1. The quantitative estimate of drug-likeness (QED) is 0.697. The van der Waals surface area contributed by atoms with Crippen LogP contribution in [-0.2, 0) is 0 Å². The average molecular weight is 175 g/mol. The zero-order valence-corrected chi connectivity index (χ0v) is 8.43. The topological polar surface area (TPSA) is 35.0 Å². The molecule has 0 saturated heterocycles. The summed E-state index contributed by atoms with van der Waals surface area (Å²) in [5, 5.41) is 2.27. The fourth-order valence-corrected chi connectivity index (χ4v) is 1.33. The smallest absolute Gasteiger partial charge is 0.0158 e. The van der Waals surface area contributed by atoms with Gasteiger partial charge in [0.2, 0.25) is 0 Å². The molecule has 0 aromatic heterocycles. The van der Waals surface area contributed by atoms with Gasteiger partial charge in [0.25, 0.3) is 0 Å². The highest BCUT2D eigenvalue weighted by Crippen LogP contribution is 2.02. The minimum Gasteiger partial charge on any atom is -0.344 e. The number of allylic oxidation sites excluding steroid dienone is 1. The second-order valence-corrected chi connectivity index (χ2v) is 2.95. The molecule has 1 aromatic carbocycles. The summed E-state index contributed by atoms with van der Waals surface area (Å²) in [7, 11) is 0. The summed E-state index contributed by atoms with van der Waals surface area (Å²) in [4.78, 5) is 0. The minimum atomic E-state index is 0. The zero-order valence-electron chi connectivity index (χ0n) is 8.43. The molecule has 13 heavy (non-hydrogen) atoms. The zero-order chi connectivity index (χ0) is 9.14. The third-order valence-electron chi connectivity index (χ3n) is 1.94. The van der Waals surface area contributed by atoms with Crippen LogP contribution >= 0.6 is 0 Å². The molecule has 0 unspecified atom stereocenters. The molecule has 0 fully saturated rings. The number of hydrogen-bond donors (Lipinski definition) is 1. The standard InChI is InChI=1S/C12H14.H3N/c1-5-11-10(4)7-6-8-12(11)9(2)3;/h5-8H,2,4H2,1,3H3;1H3/b11-5+;. The Morgan fingerprint density at radius 3 is 2.38 bits per heavy atom. The molecule has 0 aliphatic rings. The lowest BCUT2D eigenvalue weighted by molar-refractivity contribution is 1.45. The van der Waals surface area contributed by atoms with Crippen LogP contribution in [0, 0.1) is 0 Å². The highest BCUT2D eigenvalue weighted by molar-refractivity contribution is 5.62. The normalized spacial score (nSPS) is 10.8. The maximum absolute atomic E-state index is 3.96. The predicted molar refractivity (Wildman–Crippen MR) is 61.1 cm³/mol. The van der Waals surface area contributed by atoms with E-state index in [-0.39, 0.29) is 6.15 Å². The summed E-state index contributed by atoms with van der Waals surface area (Å²) in [6.07, 6.45) is 2.08. The summed E-state index contributed by atoms with van der Waals surface area (Å²) in [5.41, 5.74) is 2.29. The molecule has 0 amide bonds. The Morgan fingerprint density at radius 1 is 1.38 bits per heavy atom. The van der Waals surface area contributed by atoms with E-state index in [4.69, 9.17) is 0 Å². The second kappa shape index (κ2) is 4.63. The molecule has 0 bridgehead atoms. The molecule has 0 atom stereocenters. The molecule has 0 radical (unpaired) electrons. The Morgan fingerprint density at radius 2 is 2.00 bits per heavy atom. The Bertz CT molecular complexity index is 402. The summed E-state index contributed by atoms with van der Waals surface area (Å²) in [5.74, 6) is 0. The van der Waals surface area contributed by atoms with Crippen molar-refractivity contribution < 1.29 is 0 Å². The SMILES string of the molecule is C=C(C)c1cccc(=C)/c1=C\C.N. The maximum atomic E-state index is 3.96. The molecular formula is C12H17N. The summed E-state index contributed by atoms with van der Waals surface area (Å²) in [6, 6.07) is 6.10. The first-order valence-electron chi connectivity index (χ1n) is 4.07. The summed E-state index contributed by atoms with van der Waals surface area (Å²) in [6.45, 7) is 11.9. The number of rotatable bonds is 1. The first kappa shape index (κ1) is 11.7. The highest BCUT2D eigenvalue weighted by atomic mass is 14.0. The van der Waals surface area contributed by atoms with Gasteiger partial charge in [0.1, 0.15) is 0 Å². The molecular weight excluding hydrogens is 158 g/mol. The van der Waals surface area contributed by atoms with Gasteiger partial charge in [0.15, 0.2) is 0 Å². The lowest BCUT2D eigenvalue weighted by Crippen LogP contribution is -2.25. The maximum Gasteiger partial charge on any atom is -0.0158 e. The van der Waals surface area contributed by atoms with E-state index in [1.54, 1.807) is 0 Å². The first-order valence-corrected chi connectivity index (χ1v) is 4.07. The van der Waals surface area contributed by atoms with Crippen molar-refractivity contribution in [1.82, 2.24) is 6.15 Å². The molecule has 0 aliphatic carbocycles. The molecule has 70 valence electrons. The Balaban J connectivity index is 0.00000144. The van der Waals surface area contributed by atoms with E-state index in [0.717, 1.165) is 10.8 Å². The van der Waals surface area contributed by atoms with E-state index < -0.39 is 0 Å². The molecule has 3 N–H and O–H groups in total. The van der Waals surface area contributed by atoms with Crippen molar-refractivity contribution in [1.29, 1.82) is 0 Å². The molecule has 0 spiro atoms. The van der Waals surface area contributed by atoms with E-state index in [0.29, 0.717) is 0 Å². The van der Waals surface area contributed by atoms with Crippen LogP contribution < -0.4 is 16.6 Å². The molecule has 0 aliphatic heterocycles. The lowest BCUT2D eigenvalue weighted by atomic mass is 10.0. The fourth-order valence-electron chi connectivity index (χ4n) is 1.33. The van der Waals surface area contributed by atoms with Crippen LogP contribution in [0.3, 0.4) is 0 Å². The van der Waals surface area contributed by atoms with E-state index >= 15 is 0 Å². The second-order valence-electron chi connectivity index (χ2n) is 2.95. The minimum absolute atomic E-state index is 0. The van der Waals surface area contributed by atoms with Crippen molar-refractivity contribution in [2.45, 2.75) is 13.8 Å². The molecule has 1 rings (SSSR count). The fraction of sp³-hybridized carbons (Fsp3) is 0.167. The molecule has 1 heteroatoms. The van der Waals surface area contributed by atoms with E-state index in [9.17, 15) is 0 Å². The van der Waals surface area contributed by atoms with Crippen LogP contribution in [0.15, 0.2) is 24.8 Å². The van der Waals surface area contributed by atoms with Crippen LogP contribution in [0.2, 0.25) is 0 Å². The molecule has 1 nitrogen and oxygen atoms in total. The average Bonchev–Trinajstić information content (AvgIpc) is 2.03. The lowest BCUT2D eigenvalue weighted by Gasteiger charge is -2.00. The third kappa shape index (κ3) is 2.30. The van der Waals surface area contributed by atoms with Gasteiger partial charge in [-0.05, 0) is 29.8 Å².